The molecule has 3 rings (SSSR count). The van der Waals surface area contributed by atoms with Crippen molar-refractivity contribution in [2.45, 2.75) is 38.8 Å². The lowest BCUT2D eigenvalue weighted by Crippen LogP contribution is -2.15. The summed E-state index contributed by atoms with van der Waals surface area (Å²) in [7, 11) is 0. The number of aromatic nitrogens is 1. The number of thiazole rings is 1. The summed E-state index contributed by atoms with van der Waals surface area (Å²) in [5.74, 6) is 0. The SMILES string of the molecule is CCc1nc(-c2cccs2)sc1CNC1CC1. The summed E-state index contributed by atoms with van der Waals surface area (Å²) >= 11 is 3.62. The van der Waals surface area contributed by atoms with E-state index in [1.165, 1.54) is 33.3 Å². The highest BCUT2D eigenvalue weighted by Crippen LogP contribution is 2.32. The minimum atomic E-state index is 0.770. The highest BCUT2D eigenvalue weighted by Gasteiger charge is 2.21. The number of hydrogen-bond donors (Lipinski definition) is 1. The van der Waals surface area contributed by atoms with Crippen LogP contribution in [-0.4, -0.2) is 11.0 Å². The van der Waals surface area contributed by atoms with Crippen LogP contribution in [-0.2, 0) is 13.0 Å². The Morgan fingerprint density at radius 2 is 2.35 bits per heavy atom. The number of rotatable bonds is 5. The van der Waals surface area contributed by atoms with Crippen LogP contribution in [0.4, 0.5) is 0 Å². The van der Waals surface area contributed by atoms with Gasteiger partial charge in [-0.2, -0.15) is 0 Å². The first-order valence-electron chi connectivity index (χ1n) is 6.12. The average molecular weight is 264 g/mol. The number of aryl methyl sites for hydroxylation is 1. The van der Waals surface area contributed by atoms with Crippen LogP contribution in [0, 0.1) is 0 Å². The lowest BCUT2D eigenvalue weighted by Gasteiger charge is -2.00. The van der Waals surface area contributed by atoms with Crippen molar-refractivity contribution >= 4 is 22.7 Å². The molecular formula is C13H16N2S2. The molecule has 90 valence electrons. The predicted molar refractivity (Wildman–Crippen MR) is 74.7 cm³/mol. The van der Waals surface area contributed by atoms with Gasteiger partial charge >= 0.3 is 0 Å². The number of nitrogens with one attached hydrogen (secondary N) is 1. The normalized spacial score (nSPS) is 15.4. The summed E-state index contributed by atoms with van der Waals surface area (Å²) in [5, 5.41) is 6.88. The Balaban J connectivity index is 1.81. The van der Waals surface area contributed by atoms with Crippen molar-refractivity contribution < 1.29 is 0 Å². The average Bonchev–Trinajstić information content (AvgIpc) is 2.88. The quantitative estimate of drug-likeness (QED) is 0.891. The molecule has 0 aromatic carbocycles. The number of thiophene rings is 1. The third-order valence-electron chi connectivity index (χ3n) is 2.97. The summed E-state index contributed by atoms with van der Waals surface area (Å²) in [5.41, 5.74) is 1.27. The Kier molecular flexibility index (Phi) is 3.27. The molecule has 0 aliphatic heterocycles. The maximum Gasteiger partial charge on any atom is 0.133 e. The first-order chi connectivity index (χ1) is 8.36. The van der Waals surface area contributed by atoms with Gasteiger partial charge in [-0.1, -0.05) is 13.0 Å². The standard InChI is InChI=1S/C13H16N2S2/c1-2-10-12(8-14-9-5-6-9)17-13(15-10)11-4-3-7-16-11/h3-4,7,9,14H,2,5-6,8H2,1H3. The Bertz CT molecular complexity index is 483. The molecule has 0 radical (unpaired) electrons. The molecule has 17 heavy (non-hydrogen) atoms. The van der Waals surface area contributed by atoms with Crippen LogP contribution < -0.4 is 5.32 Å². The first kappa shape index (κ1) is 11.4. The molecule has 2 heterocycles. The van der Waals surface area contributed by atoms with Gasteiger partial charge in [0.15, 0.2) is 0 Å². The minimum Gasteiger partial charge on any atom is -0.309 e. The summed E-state index contributed by atoms with van der Waals surface area (Å²) in [6.07, 6.45) is 3.72. The van der Waals surface area contributed by atoms with E-state index in [0.29, 0.717) is 0 Å². The van der Waals surface area contributed by atoms with Gasteiger partial charge in [0.05, 0.1) is 10.6 Å². The maximum atomic E-state index is 4.76. The lowest BCUT2D eigenvalue weighted by molar-refractivity contribution is 0.689. The van der Waals surface area contributed by atoms with Gasteiger partial charge in [0.2, 0.25) is 0 Å². The second-order valence-electron chi connectivity index (χ2n) is 4.37. The van der Waals surface area contributed by atoms with E-state index in [0.717, 1.165) is 19.0 Å². The Hall–Kier alpha value is -0.710. The highest BCUT2D eigenvalue weighted by atomic mass is 32.1. The van der Waals surface area contributed by atoms with Crippen LogP contribution in [0.5, 0.6) is 0 Å². The van der Waals surface area contributed by atoms with Crippen molar-refractivity contribution in [1.82, 2.24) is 10.3 Å². The number of hydrogen-bond acceptors (Lipinski definition) is 4. The second kappa shape index (κ2) is 4.88. The van der Waals surface area contributed by atoms with Crippen molar-refractivity contribution in [3.63, 3.8) is 0 Å². The zero-order valence-corrected chi connectivity index (χ0v) is 11.5. The van der Waals surface area contributed by atoms with Crippen molar-refractivity contribution in [3.05, 3.63) is 28.1 Å². The smallest absolute Gasteiger partial charge is 0.133 e. The molecule has 0 bridgehead atoms. The van der Waals surface area contributed by atoms with E-state index in [2.05, 4.69) is 29.8 Å². The molecule has 0 atom stereocenters. The van der Waals surface area contributed by atoms with Crippen LogP contribution in [0.3, 0.4) is 0 Å². The van der Waals surface area contributed by atoms with Gasteiger partial charge in [-0.25, -0.2) is 4.98 Å². The molecule has 0 spiro atoms. The van der Waals surface area contributed by atoms with Crippen LogP contribution in [0.2, 0.25) is 0 Å². The third-order valence-corrected chi connectivity index (χ3v) is 5.11. The van der Waals surface area contributed by atoms with Crippen molar-refractivity contribution in [3.8, 4) is 9.88 Å². The van der Waals surface area contributed by atoms with Crippen LogP contribution >= 0.6 is 22.7 Å². The van der Waals surface area contributed by atoms with Crippen molar-refractivity contribution in [2.24, 2.45) is 0 Å². The highest BCUT2D eigenvalue weighted by molar-refractivity contribution is 7.21. The van der Waals surface area contributed by atoms with E-state index in [-0.39, 0.29) is 0 Å². The maximum absolute atomic E-state index is 4.76. The fourth-order valence-electron chi connectivity index (χ4n) is 1.83. The fourth-order valence-corrected chi connectivity index (χ4v) is 3.73. The molecule has 1 N–H and O–H groups in total. The Labute approximate surface area is 110 Å². The van der Waals surface area contributed by atoms with E-state index in [1.807, 2.05) is 11.3 Å². The minimum absolute atomic E-state index is 0.770. The van der Waals surface area contributed by atoms with Gasteiger partial charge in [-0.15, -0.1) is 22.7 Å². The molecule has 0 amide bonds. The van der Waals surface area contributed by atoms with Gasteiger partial charge in [0.25, 0.3) is 0 Å². The zero-order chi connectivity index (χ0) is 11.7. The van der Waals surface area contributed by atoms with Gasteiger partial charge in [-0.3, -0.25) is 0 Å². The monoisotopic (exact) mass is 264 g/mol. The molecule has 2 aromatic heterocycles. The Morgan fingerprint density at radius 3 is 3.00 bits per heavy atom. The fraction of sp³-hybridized carbons (Fsp3) is 0.462. The van der Waals surface area contributed by atoms with Gasteiger partial charge in [-0.05, 0) is 30.7 Å². The molecule has 4 heteroatoms. The summed E-state index contributed by atoms with van der Waals surface area (Å²) < 4.78 is 0. The van der Waals surface area contributed by atoms with Gasteiger partial charge < -0.3 is 5.32 Å². The molecule has 1 saturated carbocycles. The molecule has 1 aliphatic rings. The second-order valence-corrected chi connectivity index (χ2v) is 6.41. The van der Waals surface area contributed by atoms with Crippen LogP contribution in [0.25, 0.3) is 9.88 Å². The van der Waals surface area contributed by atoms with Crippen molar-refractivity contribution in [1.29, 1.82) is 0 Å². The molecular weight excluding hydrogens is 248 g/mol. The summed E-state index contributed by atoms with van der Waals surface area (Å²) in [6.45, 7) is 3.19. The van der Waals surface area contributed by atoms with E-state index in [9.17, 15) is 0 Å². The van der Waals surface area contributed by atoms with E-state index in [4.69, 9.17) is 4.98 Å². The van der Waals surface area contributed by atoms with E-state index in [1.54, 1.807) is 11.3 Å². The predicted octanol–water partition coefficient (Wildman–Crippen LogP) is 3.69. The third kappa shape index (κ3) is 2.59. The molecule has 2 nitrogen and oxygen atoms in total. The van der Waals surface area contributed by atoms with E-state index < -0.39 is 0 Å². The van der Waals surface area contributed by atoms with Crippen molar-refractivity contribution in [2.75, 3.05) is 0 Å². The largest absolute Gasteiger partial charge is 0.309 e. The van der Waals surface area contributed by atoms with E-state index >= 15 is 0 Å². The molecule has 1 fully saturated rings. The molecule has 2 aromatic rings. The first-order valence-corrected chi connectivity index (χ1v) is 7.82. The molecule has 1 aliphatic carbocycles. The molecule has 0 unspecified atom stereocenters. The topological polar surface area (TPSA) is 24.9 Å². The van der Waals surface area contributed by atoms with Crippen LogP contribution in [0.1, 0.15) is 30.3 Å². The summed E-state index contributed by atoms with van der Waals surface area (Å²) in [4.78, 5) is 7.47. The number of nitrogens with zero attached hydrogens (tertiary/aromatic N) is 1. The lowest BCUT2D eigenvalue weighted by atomic mass is 10.3. The summed E-state index contributed by atoms with van der Waals surface area (Å²) in [6, 6.07) is 5.02. The van der Waals surface area contributed by atoms with Gasteiger partial charge in [0.1, 0.15) is 5.01 Å². The van der Waals surface area contributed by atoms with Gasteiger partial charge in [0, 0.05) is 17.5 Å². The zero-order valence-electron chi connectivity index (χ0n) is 9.90. The Morgan fingerprint density at radius 1 is 1.47 bits per heavy atom. The molecule has 0 saturated heterocycles. The van der Waals surface area contributed by atoms with Crippen LogP contribution in [0.15, 0.2) is 17.5 Å².